The van der Waals surface area contributed by atoms with Crippen LogP contribution in [0.5, 0.6) is 0 Å². The van der Waals surface area contributed by atoms with Gasteiger partial charge in [0.1, 0.15) is 0 Å². The lowest BCUT2D eigenvalue weighted by atomic mass is 10.0. The molecular weight excluding hydrogens is 146 g/mol. The molecule has 0 spiro atoms. The van der Waals surface area contributed by atoms with Crippen molar-refractivity contribution in [3.8, 4) is 0 Å². The highest BCUT2D eigenvalue weighted by atomic mass is 14.3. The van der Waals surface area contributed by atoms with E-state index >= 15 is 0 Å². The van der Waals surface area contributed by atoms with Gasteiger partial charge in [0.25, 0.3) is 0 Å². The van der Waals surface area contributed by atoms with Crippen molar-refractivity contribution in [2.45, 2.75) is 13.8 Å². The van der Waals surface area contributed by atoms with E-state index in [-0.39, 0.29) is 0 Å². The van der Waals surface area contributed by atoms with Crippen LogP contribution in [0.4, 0.5) is 0 Å². The van der Waals surface area contributed by atoms with Crippen molar-refractivity contribution in [2.75, 3.05) is 0 Å². The Hall–Kier alpha value is -1.37. The minimum atomic E-state index is 1.19. The van der Waals surface area contributed by atoms with Gasteiger partial charge in [0.05, 0.1) is 0 Å². The Labute approximate surface area is 73.3 Å². The Balaban J connectivity index is 3.07. The first kappa shape index (κ1) is 8.72. The van der Waals surface area contributed by atoms with E-state index in [9.17, 15) is 0 Å². The van der Waals surface area contributed by atoms with Crippen LogP contribution in [0.2, 0.25) is 0 Å². The number of hydrogen-bond donors (Lipinski definition) is 1. The van der Waals surface area contributed by atoms with Gasteiger partial charge in [0, 0.05) is 6.21 Å². The molecule has 0 unspecified atom stereocenters. The zero-order valence-electron chi connectivity index (χ0n) is 7.46. The molecule has 1 aromatic rings. The highest BCUT2D eigenvalue weighted by molar-refractivity contribution is 5.76. The van der Waals surface area contributed by atoms with E-state index in [1.807, 2.05) is 12.1 Å². The maximum absolute atomic E-state index is 6.86. The van der Waals surface area contributed by atoms with E-state index in [2.05, 4.69) is 26.0 Å². The van der Waals surface area contributed by atoms with Crippen LogP contribution < -0.4 is 0 Å². The normalized spacial score (nSPS) is 10.5. The van der Waals surface area contributed by atoms with Gasteiger partial charge in [-0.2, -0.15) is 0 Å². The van der Waals surface area contributed by atoms with E-state index in [1.54, 1.807) is 6.08 Å². The lowest BCUT2D eigenvalue weighted by Gasteiger charge is -2.02. The van der Waals surface area contributed by atoms with E-state index in [1.165, 1.54) is 22.9 Å². The summed E-state index contributed by atoms with van der Waals surface area (Å²) in [5.74, 6) is 0. The molecule has 0 saturated carbocycles. The standard InChI is InChI=1S/C11H13N/c1-9-5-3-6-11(10(9)2)7-4-8-12/h3-8,12H,1-2H3/b7-4-,12-8?. The van der Waals surface area contributed by atoms with Gasteiger partial charge in [-0.05, 0) is 36.6 Å². The zero-order chi connectivity index (χ0) is 8.97. The molecule has 1 aromatic carbocycles. The first-order chi connectivity index (χ1) is 5.75. The second-order valence-electron chi connectivity index (χ2n) is 2.81. The van der Waals surface area contributed by atoms with Crippen molar-refractivity contribution in [2.24, 2.45) is 0 Å². The molecule has 0 aliphatic rings. The van der Waals surface area contributed by atoms with Crippen LogP contribution >= 0.6 is 0 Å². The molecule has 0 radical (unpaired) electrons. The minimum Gasteiger partial charge on any atom is -0.309 e. The Morgan fingerprint density at radius 2 is 2.00 bits per heavy atom. The molecule has 0 atom stereocenters. The fourth-order valence-corrected chi connectivity index (χ4v) is 1.11. The third kappa shape index (κ3) is 1.82. The molecule has 62 valence electrons. The van der Waals surface area contributed by atoms with Gasteiger partial charge in [0.2, 0.25) is 0 Å². The number of allylic oxidation sites excluding steroid dienone is 1. The fourth-order valence-electron chi connectivity index (χ4n) is 1.11. The van der Waals surface area contributed by atoms with Crippen molar-refractivity contribution in [3.63, 3.8) is 0 Å². The highest BCUT2D eigenvalue weighted by Crippen LogP contribution is 2.13. The molecular formula is C11H13N. The average molecular weight is 159 g/mol. The molecule has 1 nitrogen and oxygen atoms in total. The van der Waals surface area contributed by atoms with Gasteiger partial charge in [-0.25, -0.2) is 0 Å². The summed E-state index contributed by atoms with van der Waals surface area (Å²) in [6, 6.07) is 6.19. The van der Waals surface area contributed by atoms with Crippen molar-refractivity contribution in [3.05, 3.63) is 41.0 Å². The predicted molar refractivity (Wildman–Crippen MR) is 53.7 cm³/mol. The van der Waals surface area contributed by atoms with Crippen LogP contribution in [0.15, 0.2) is 24.3 Å². The van der Waals surface area contributed by atoms with Gasteiger partial charge < -0.3 is 5.41 Å². The van der Waals surface area contributed by atoms with E-state index < -0.39 is 0 Å². The first-order valence-electron chi connectivity index (χ1n) is 3.99. The monoisotopic (exact) mass is 159 g/mol. The fraction of sp³-hybridized carbons (Fsp3) is 0.182. The molecule has 0 fully saturated rings. The summed E-state index contributed by atoms with van der Waals surface area (Å²) in [5.41, 5.74) is 3.77. The van der Waals surface area contributed by atoms with Gasteiger partial charge in [0.15, 0.2) is 0 Å². The number of benzene rings is 1. The Morgan fingerprint density at radius 3 is 2.67 bits per heavy atom. The molecule has 1 N–H and O–H groups in total. The van der Waals surface area contributed by atoms with Crippen LogP contribution in [0, 0.1) is 19.3 Å². The molecule has 0 aliphatic heterocycles. The van der Waals surface area contributed by atoms with Crippen LogP contribution in [-0.4, -0.2) is 6.21 Å². The number of aryl methyl sites for hydroxylation is 1. The molecule has 1 heteroatoms. The highest BCUT2D eigenvalue weighted by Gasteiger charge is 1.94. The molecule has 12 heavy (non-hydrogen) atoms. The number of rotatable bonds is 2. The quantitative estimate of drug-likeness (QED) is 0.641. The largest absolute Gasteiger partial charge is 0.309 e. The van der Waals surface area contributed by atoms with Crippen molar-refractivity contribution in [1.82, 2.24) is 0 Å². The molecule has 0 amide bonds. The van der Waals surface area contributed by atoms with Crippen LogP contribution in [0.3, 0.4) is 0 Å². The molecule has 0 heterocycles. The lowest BCUT2D eigenvalue weighted by Crippen LogP contribution is -1.84. The number of hydrogen-bond acceptors (Lipinski definition) is 1. The van der Waals surface area contributed by atoms with E-state index in [0.29, 0.717) is 0 Å². The predicted octanol–water partition coefficient (Wildman–Crippen LogP) is 2.97. The summed E-state index contributed by atoms with van der Waals surface area (Å²) >= 11 is 0. The van der Waals surface area contributed by atoms with Crippen molar-refractivity contribution in [1.29, 1.82) is 5.41 Å². The molecule has 1 rings (SSSR count). The summed E-state index contributed by atoms with van der Waals surface area (Å²) in [7, 11) is 0. The summed E-state index contributed by atoms with van der Waals surface area (Å²) in [6.45, 7) is 4.19. The molecule has 0 aromatic heterocycles. The molecule has 0 saturated heterocycles. The van der Waals surface area contributed by atoms with E-state index in [0.717, 1.165) is 0 Å². The Morgan fingerprint density at radius 1 is 1.25 bits per heavy atom. The third-order valence-corrected chi connectivity index (χ3v) is 2.02. The third-order valence-electron chi connectivity index (χ3n) is 2.02. The topological polar surface area (TPSA) is 23.9 Å². The van der Waals surface area contributed by atoms with Gasteiger partial charge in [-0.1, -0.05) is 24.3 Å². The molecule has 0 aliphatic carbocycles. The van der Waals surface area contributed by atoms with Crippen LogP contribution in [0.25, 0.3) is 6.08 Å². The van der Waals surface area contributed by atoms with Crippen LogP contribution in [-0.2, 0) is 0 Å². The first-order valence-corrected chi connectivity index (χ1v) is 3.99. The average Bonchev–Trinajstić information content (AvgIpc) is 2.08. The zero-order valence-corrected chi connectivity index (χ0v) is 7.46. The van der Waals surface area contributed by atoms with Crippen molar-refractivity contribution < 1.29 is 0 Å². The van der Waals surface area contributed by atoms with Gasteiger partial charge in [-0.3, -0.25) is 0 Å². The van der Waals surface area contributed by atoms with Crippen LogP contribution in [0.1, 0.15) is 16.7 Å². The Kier molecular flexibility index (Phi) is 2.81. The summed E-state index contributed by atoms with van der Waals surface area (Å²) in [6.07, 6.45) is 4.98. The maximum Gasteiger partial charge on any atom is 0.0177 e. The summed E-state index contributed by atoms with van der Waals surface area (Å²) in [5, 5.41) is 6.86. The lowest BCUT2D eigenvalue weighted by molar-refractivity contribution is 1.33. The van der Waals surface area contributed by atoms with Gasteiger partial charge >= 0.3 is 0 Å². The summed E-state index contributed by atoms with van der Waals surface area (Å²) in [4.78, 5) is 0. The van der Waals surface area contributed by atoms with E-state index in [4.69, 9.17) is 5.41 Å². The molecule has 0 bridgehead atoms. The smallest absolute Gasteiger partial charge is 0.0177 e. The van der Waals surface area contributed by atoms with Gasteiger partial charge in [-0.15, -0.1) is 0 Å². The maximum atomic E-state index is 6.86. The number of nitrogens with one attached hydrogen (secondary N) is 1. The Bertz CT molecular complexity index is 311. The summed E-state index contributed by atoms with van der Waals surface area (Å²) < 4.78 is 0. The minimum absolute atomic E-state index is 1.19. The SMILES string of the molecule is Cc1cccc(/C=C\C=N)c1C. The second kappa shape index (κ2) is 3.86. The second-order valence-corrected chi connectivity index (χ2v) is 2.81. The van der Waals surface area contributed by atoms with Crippen molar-refractivity contribution >= 4 is 12.3 Å².